The Morgan fingerprint density at radius 1 is 1.75 bits per heavy atom. The van der Waals surface area contributed by atoms with Crippen LogP contribution in [0.2, 0.25) is 0 Å². The molecule has 7 heteroatoms. The van der Waals surface area contributed by atoms with Gasteiger partial charge in [0.2, 0.25) is 0 Å². The van der Waals surface area contributed by atoms with Gasteiger partial charge < -0.3 is 9.94 Å². The maximum atomic E-state index is 11.6. The first-order valence-electron chi connectivity index (χ1n) is 4.61. The SMILES string of the molecule is CCOC(=O)c1cn(C)nc1/C(=N/O)SC. The topological polar surface area (TPSA) is 76.7 Å². The van der Waals surface area contributed by atoms with Crippen molar-refractivity contribution in [2.24, 2.45) is 12.2 Å². The number of aryl methyl sites for hydroxylation is 1. The van der Waals surface area contributed by atoms with E-state index in [0.29, 0.717) is 11.3 Å². The molecule has 0 bridgehead atoms. The van der Waals surface area contributed by atoms with Crippen LogP contribution in [0, 0.1) is 0 Å². The monoisotopic (exact) mass is 243 g/mol. The molecule has 1 aromatic rings. The minimum atomic E-state index is -0.471. The van der Waals surface area contributed by atoms with Crippen molar-refractivity contribution in [2.75, 3.05) is 12.9 Å². The van der Waals surface area contributed by atoms with Gasteiger partial charge >= 0.3 is 5.97 Å². The van der Waals surface area contributed by atoms with E-state index in [1.165, 1.54) is 22.6 Å². The third kappa shape index (κ3) is 2.54. The summed E-state index contributed by atoms with van der Waals surface area (Å²) in [5.41, 5.74) is 0.627. The molecule has 1 rings (SSSR count). The van der Waals surface area contributed by atoms with Crippen LogP contribution >= 0.6 is 11.8 Å². The fourth-order valence-electron chi connectivity index (χ4n) is 1.19. The van der Waals surface area contributed by atoms with Gasteiger partial charge in [-0.1, -0.05) is 5.16 Å². The lowest BCUT2D eigenvalue weighted by Gasteiger charge is -2.01. The Balaban J connectivity index is 3.14. The molecule has 0 radical (unpaired) electrons. The van der Waals surface area contributed by atoms with E-state index in [2.05, 4.69) is 10.3 Å². The number of carbonyl (C=O) groups excluding carboxylic acids is 1. The molecule has 16 heavy (non-hydrogen) atoms. The van der Waals surface area contributed by atoms with E-state index in [0.717, 1.165) is 0 Å². The molecule has 0 aromatic carbocycles. The quantitative estimate of drug-likeness (QED) is 0.283. The van der Waals surface area contributed by atoms with E-state index in [-0.39, 0.29) is 11.7 Å². The van der Waals surface area contributed by atoms with Crippen LogP contribution in [-0.2, 0) is 11.8 Å². The summed E-state index contributed by atoms with van der Waals surface area (Å²) in [4.78, 5) is 11.6. The predicted octanol–water partition coefficient (Wildman–Crippen LogP) is 1.10. The molecule has 0 fully saturated rings. The van der Waals surface area contributed by atoms with Crippen molar-refractivity contribution in [2.45, 2.75) is 6.92 Å². The standard InChI is InChI=1S/C9H13N3O3S/c1-4-15-9(13)6-5-12(2)10-7(6)8(11-14)16-3/h5,14H,4H2,1-3H3/b11-8-. The average Bonchev–Trinajstić information content (AvgIpc) is 2.63. The van der Waals surface area contributed by atoms with Crippen LogP contribution in [0.4, 0.5) is 0 Å². The maximum absolute atomic E-state index is 11.6. The molecular weight excluding hydrogens is 230 g/mol. The smallest absolute Gasteiger partial charge is 0.342 e. The van der Waals surface area contributed by atoms with E-state index in [1.54, 1.807) is 20.2 Å². The lowest BCUT2D eigenvalue weighted by Crippen LogP contribution is -2.09. The molecule has 88 valence electrons. The molecule has 0 unspecified atom stereocenters. The van der Waals surface area contributed by atoms with Crippen molar-refractivity contribution in [1.29, 1.82) is 0 Å². The molecule has 1 aromatic heterocycles. The summed E-state index contributed by atoms with van der Waals surface area (Å²) < 4.78 is 6.36. The van der Waals surface area contributed by atoms with E-state index in [4.69, 9.17) is 9.94 Å². The number of thioether (sulfide) groups is 1. The lowest BCUT2D eigenvalue weighted by molar-refractivity contribution is 0.0526. The largest absolute Gasteiger partial charge is 0.462 e. The highest BCUT2D eigenvalue weighted by molar-refractivity contribution is 8.13. The molecule has 0 amide bonds. The van der Waals surface area contributed by atoms with Crippen molar-refractivity contribution in [1.82, 2.24) is 9.78 Å². The zero-order chi connectivity index (χ0) is 12.1. The number of carbonyl (C=O) groups is 1. The molecule has 0 aliphatic heterocycles. The third-order valence-corrected chi connectivity index (χ3v) is 2.47. The van der Waals surface area contributed by atoms with Crippen LogP contribution in [0.5, 0.6) is 0 Å². The summed E-state index contributed by atoms with van der Waals surface area (Å²) in [5.74, 6) is -0.471. The van der Waals surface area contributed by atoms with E-state index < -0.39 is 5.97 Å². The molecule has 0 saturated carbocycles. The van der Waals surface area contributed by atoms with Gasteiger partial charge in [-0.3, -0.25) is 4.68 Å². The molecule has 0 atom stereocenters. The summed E-state index contributed by atoms with van der Waals surface area (Å²) in [7, 11) is 1.68. The van der Waals surface area contributed by atoms with Gasteiger partial charge in [0.15, 0.2) is 5.04 Å². The zero-order valence-electron chi connectivity index (χ0n) is 9.30. The fourth-order valence-corrected chi connectivity index (χ4v) is 1.62. The second-order valence-corrected chi connectivity index (χ2v) is 3.69. The Kier molecular flexibility index (Phi) is 4.36. The van der Waals surface area contributed by atoms with Crippen LogP contribution in [-0.4, -0.2) is 38.9 Å². The summed E-state index contributed by atoms with van der Waals surface area (Å²) in [6.45, 7) is 2.02. The molecule has 0 aliphatic rings. The van der Waals surface area contributed by atoms with Crippen molar-refractivity contribution < 1.29 is 14.7 Å². The van der Waals surface area contributed by atoms with Crippen molar-refractivity contribution >= 4 is 22.8 Å². The first kappa shape index (κ1) is 12.6. The Hall–Kier alpha value is -1.50. The first-order chi connectivity index (χ1) is 7.63. The third-order valence-electron chi connectivity index (χ3n) is 1.81. The van der Waals surface area contributed by atoms with Crippen molar-refractivity contribution in [3.63, 3.8) is 0 Å². The van der Waals surface area contributed by atoms with Gasteiger partial charge in [0.25, 0.3) is 0 Å². The van der Waals surface area contributed by atoms with Gasteiger partial charge in [-0.2, -0.15) is 5.10 Å². The van der Waals surface area contributed by atoms with Crippen LogP contribution in [0.1, 0.15) is 23.0 Å². The van der Waals surface area contributed by atoms with Crippen LogP contribution in [0.3, 0.4) is 0 Å². The van der Waals surface area contributed by atoms with Gasteiger partial charge in [0.05, 0.1) is 6.61 Å². The number of rotatable bonds is 3. The number of oxime groups is 1. The summed E-state index contributed by atoms with van der Waals surface area (Å²) in [6.07, 6.45) is 3.27. The average molecular weight is 243 g/mol. The minimum Gasteiger partial charge on any atom is -0.462 e. The normalized spacial score (nSPS) is 11.6. The van der Waals surface area contributed by atoms with Crippen LogP contribution in [0.15, 0.2) is 11.4 Å². The molecule has 0 saturated heterocycles. The number of hydrogen-bond acceptors (Lipinski definition) is 6. The van der Waals surface area contributed by atoms with E-state index >= 15 is 0 Å². The van der Waals surface area contributed by atoms with Crippen molar-refractivity contribution in [3.05, 3.63) is 17.5 Å². The summed E-state index contributed by atoms with van der Waals surface area (Å²) >= 11 is 1.20. The molecule has 1 N–H and O–H groups in total. The van der Waals surface area contributed by atoms with E-state index in [9.17, 15) is 4.79 Å². The van der Waals surface area contributed by atoms with E-state index in [1.807, 2.05) is 0 Å². The second-order valence-electron chi connectivity index (χ2n) is 2.89. The van der Waals surface area contributed by atoms with Gasteiger partial charge in [-0.15, -0.1) is 11.8 Å². The number of hydrogen-bond donors (Lipinski definition) is 1. The van der Waals surface area contributed by atoms with Gasteiger partial charge in [0, 0.05) is 13.2 Å². The molecule has 6 nitrogen and oxygen atoms in total. The molecular formula is C9H13N3O3S. The zero-order valence-corrected chi connectivity index (χ0v) is 10.1. The van der Waals surface area contributed by atoms with Crippen LogP contribution in [0.25, 0.3) is 0 Å². The van der Waals surface area contributed by atoms with Crippen LogP contribution < -0.4 is 0 Å². The minimum absolute atomic E-state index is 0.281. The van der Waals surface area contributed by atoms with Gasteiger partial charge in [-0.25, -0.2) is 4.79 Å². The Morgan fingerprint density at radius 3 is 2.94 bits per heavy atom. The number of esters is 1. The Bertz CT molecular complexity index is 414. The highest BCUT2D eigenvalue weighted by atomic mass is 32.2. The lowest BCUT2D eigenvalue weighted by atomic mass is 10.2. The van der Waals surface area contributed by atoms with Crippen molar-refractivity contribution in [3.8, 4) is 0 Å². The predicted molar refractivity (Wildman–Crippen MR) is 61.0 cm³/mol. The fraction of sp³-hybridized carbons (Fsp3) is 0.444. The molecule has 0 aliphatic carbocycles. The number of ether oxygens (including phenoxy) is 1. The molecule has 0 spiro atoms. The summed E-state index contributed by atoms with van der Waals surface area (Å²) in [6, 6.07) is 0. The highest BCUT2D eigenvalue weighted by Gasteiger charge is 2.20. The maximum Gasteiger partial charge on any atom is 0.342 e. The summed E-state index contributed by atoms with van der Waals surface area (Å²) in [5, 5.41) is 16.2. The second kappa shape index (κ2) is 5.55. The Morgan fingerprint density at radius 2 is 2.44 bits per heavy atom. The highest BCUT2D eigenvalue weighted by Crippen LogP contribution is 2.15. The number of aromatic nitrogens is 2. The molecule has 1 heterocycles. The number of nitrogens with zero attached hydrogens (tertiary/aromatic N) is 3. The van der Waals surface area contributed by atoms with Gasteiger partial charge in [0.1, 0.15) is 11.3 Å². The Labute approximate surface area is 97.3 Å². The first-order valence-corrected chi connectivity index (χ1v) is 5.83. The van der Waals surface area contributed by atoms with Gasteiger partial charge in [-0.05, 0) is 13.2 Å².